The van der Waals surface area contributed by atoms with Crippen LogP contribution in [0.5, 0.6) is 5.75 Å². The van der Waals surface area contributed by atoms with E-state index in [9.17, 15) is 0 Å². The molecule has 1 aromatic carbocycles. The van der Waals surface area contributed by atoms with E-state index in [-0.39, 0.29) is 0 Å². The predicted octanol–water partition coefficient (Wildman–Crippen LogP) is 1.55. The maximum absolute atomic E-state index is 8.35. The van der Waals surface area contributed by atoms with Crippen LogP contribution in [0.4, 0.5) is 0 Å². The molecule has 0 radical (unpaired) electrons. The predicted molar refractivity (Wildman–Crippen MR) is 63.0 cm³/mol. The average Bonchev–Trinajstić information content (AvgIpc) is 2.32. The van der Waals surface area contributed by atoms with Crippen LogP contribution in [0.2, 0.25) is 0 Å². The summed E-state index contributed by atoms with van der Waals surface area (Å²) in [4.78, 5) is 0. The lowest BCUT2D eigenvalue weighted by Gasteiger charge is -2.02. The third kappa shape index (κ3) is 4.50. The molecule has 1 N–H and O–H groups in total. The second-order valence-corrected chi connectivity index (χ2v) is 3.11. The van der Waals surface area contributed by atoms with Crippen LogP contribution in [0.1, 0.15) is 12.0 Å². The molecule has 3 nitrogen and oxygen atoms in total. The highest BCUT2D eigenvalue weighted by Gasteiger charge is 1.92. The molecule has 0 aliphatic heterocycles. The zero-order valence-corrected chi connectivity index (χ0v) is 9.29. The minimum atomic E-state index is 0.406. The van der Waals surface area contributed by atoms with Crippen LogP contribution in [-0.4, -0.2) is 20.2 Å². The standard InChI is InChI=1S/C13H14N2O/c1-15-10-2-4-12-5-7-13(8-6-12)16-11-3-9-14/h5-8,15H,3,10-11H2,1H3. The van der Waals surface area contributed by atoms with Crippen LogP contribution in [0.3, 0.4) is 0 Å². The van der Waals surface area contributed by atoms with Crippen LogP contribution in [0.25, 0.3) is 0 Å². The highest BCUT2D eigenvalue weighted by molar-refractivity contribution is 5.38. The van der Waals surface area contributed by atoms with Gasteiger partial charge in [-0.1, -0.05) is 11.8 Å². The molecule has 0 saturated carbocycles. The average molecular weight is 214 g/mol. The summed E-state index contributed by atoms with van der Waals surface area (Å²) in [6.45, 7) is 1.11. The van der Waals surface area contributed by atoms with Gasteiger partial charge in [-0.2, -0.15) is 5.26 Å². The molecule has 0 saturated heterocycles. The number of nitriles is 1. The van der Waals surface area contributed by atoms with Crippen molar-refractivity contribution in [3.8, 4) is 23.7 Å². The molecule has 0 aromatic heterocycles. The van der Waals surface area contributed by atoms with Crippen molar-refractivity contribution in [2.24, 2.45) is 0 Å². The fourth-order valence-electron chi connectivity index (χ4n) is 1.08. The van der Waals surface area contributed by atoms with E-state index in [1.165, 1.54) is 0 Å². The Morgan fingerprint density at radius 3 is 2.69 bits per heavy atom. The zero-order valence-electron chi connectivity index (χ0n) is 9.29. The number of benzene rings is 1. The molecule has 0 aliphatic rings. The van der Waals surface area contributed by atoms with Crippen LogP contribution >= 0.6 is 0 Å². The summed E-state index contributed by atoms with van der Waals surface area (Å²) in [5.74, 6) is 6.77. The Labute approximate surface area is 96.0 Å². The van der Waals surface area contributed by atoms with Crippen LogP contribution in [0.15, 0.2) is 24.3 Å². The highest BCUT2D eigenvalue weighted by Crippen LogP contribution is 2.11. The molecule has 0 heterocycles. The molecule has 0 fully saturated rings. The molecule has 3 heteroatoms. The van der Waals surface area contributed by atoms with Crippen molar-refractivity contribution >= 4 is 0 Å². The van der Waals surface area contributed by atoms with Crippen LogP contribution < -0.4 is 10.1 Å². The molecule has 0 amide bonds. The summed E-state index contributed by atoms with van der Waals surface area (Å²) < 4.78 is 5.34. The van der Waals surface area contributed by atoms with E-state index < -0.39 is 0 Å². The van der Waals surface area contributed by atoms with Crippen molar-refractivity contribution in [2.45, 2.75) is 6.42 Å². The molecule has 0 spiro atoms. The van der Waals surface area contributed by atoms with Crippen LogP contribution in [0, 0.1) is 23.2 Å². The fraction of sp³-hybridized carbons (Fsp3) is 0.308. The molecule has 1 rings (SSSR count). The van der Waals surface area contributed by atoms with Gasteiger partial charge in [0.15, 0.2) is 0 Å². The van der Waals surface area contributed by atoms with Crippen molar-refractivity contribution in [1.82, 2.24) is 5.32 Å². The quantitative estimate of drug-likeness (QED) is 0.611. The van der Waals surface area contributed by atoms with Crippen LogP contribution in [-0.2, 0) is 0 Å². The first-order valence-corrected chi connectivity index (χ1v) is 5.10. The first-order chi connectivity index (χ1) is 7.86. The molecule has 1 aromatic rings. The lowest BCUT2D eigenvalue weighted by molar-refractivity contribution is 0.326. The van der Waals surface area contributed by atoms with Crippen molar-refractivity contribution in [1.29, 1.82) is 5.26 Å². The van der Waals surface area contributed by atoms with Crippen molar-refractivity contribution in [3.05, 3.63) is 29.8 Å². The Morgan fingerprint density at radius 1 is 1.31 bits per heavy atom. The molecule has 0 aliphatic carbocycles. The van der Waals surface area contributed by atoms with Gasteiger partial charge in [0.2, 0.25) is 0 Å². The van der Waals surface area contributed by atoms with Gasteiger partial charge in [0.1, 0.15) is 12.4 Å². The minimum Gasteiger partial charge on any atom is -0.493 e. The number of hydrogen-bond acceptors (Lipinski definition) is 3. The molecular formula is C13H14N2O. The third-order valence-electron chi connectivity index (χ3n) is 1.83. The van der Waals surface area contributed by atoms with Gasteiger partial charge in [-0.3, -0.25) is 0 Å². The lowest BCUT2D eigenvalue weighted by atomic mass is 10.2. The number of nitrogens with one attached hydrogen (secondary N) is 1. The first-order valence-electron chi connectivity index (χ1n) is 5.10. The van der Waals surface area contributed by atoms with Gasteiger partial charge in [-0.05, 0) is 31.3 Å². The van der Waals surface area contributed by atoms with Gasteiger partial charge in [-0.25, -0.2) is 0 Å². The van der Waals surface area contributed by atoms with Gasteiger partial charge >= 0.3 is 0 Å². The van der Waals surface area contributed by atoms with E-state index in [1.807, 2.05) is 37.4 Å². The van der Waals surface area contributed by atoms with E-state index >= 15 is 0 Å². The third-order valence-corrected chi connectivity index (χ3v) is 1.83. The molecule has 0 atom stereocenters. The number of hydrogen-bond donors (Lipinski definition) is 1. The van der Waals surface area contributed by atoms with Gasteiger partial charge < -0.3 is 10.1 Å². The maximum atomic E-state index is 8.35. The number of rotatable bonds is 4. The summed E-state index contributed by atoms with van der Waals surface area (Å²) >= 11 is 0. The van der Waals surface area contributed by atoms with E-state index in [0.717, 1.165) is 11.3 Å². The SMILES string of the molecule is CNCC#Cc1ccc(OCCC#N)cc1. The van der Waals surface area contributed by atoms with E-state index in [2.05, 4.69) is 17.2 Å². The van der Waals surface area contributed by atoms with Crippen molar-refractivity contribution in [3.63, 3.8) is 0 Å². The first kappa shape index (κ1) is 12.1. The molecular weight excluding hydrogens is 200 g/mol. The highest BCUT2D eigenvalue weighted by atomic mass is 16.5. The largest absolute Gasteiger partial charge is 0.493 e. The zero-order chi connectivity index (χ0) is 11.6. The van der Waals surface area contributed by atoms with Gasteiger partial charge in [0, 0.05) is 5.56 Å². The second-order valence-electron chi connectivity index (χ2n) is 3.11. The lowest BCUT2D eigenvalue weighted by Crippen LogP contribution is -2.04. The van der Waals surface area contributed by atoms with Gasteiger partial charge in [-0.15, -0.1) is 0 Å². The smallest absolute Gasteiger partial charge is 0.119 e. The van der Waals surface area contributed by atoms with Gasteiger partial charge in [0.25, 0.3) is 0 Å². The van der Waals surface area contributed by atoms with Crippen molar-refractivity contribution < 1.29 is 4.74 Å². The normalized spacial score (nSPS) is 8.75. The monoisotopic (exact) mass is 214 g/mol. The van der Waals surface area contributed by atoms with E-state index in [0.29, 0.717) is 19.6 Å². The summed E-state index contributed by atoms with van der Waals surface area (Å²) in [5.41, 5.74) is 0.961. The summed E-state index contributed by atoms with van der Waals surface area (Å²) in [6, 6.07) is 9.57. The Balaban J connectivity index is 2.49. The minimum absolute atomic E-state index is 0.406. The summed E-state index contributed by atoms with van der Waals surface area (Å²) in [5, 5.41) is 11.3. The molecule has 0 unspecified atom stereocenters. The Bertz CT molecular complexity index is 406. The number of nitrogens with zero attached hydrogens (tertiary/aromatic N) is 1. The molecule has 16 heavy (non-hydrogen) atoms. The maximum Gasteiger partial charge on any atom is 0.119 e. The molecule has 82 valence electrons. The van der Waals surface area contributed by atoms with Crippen molar-refractivity contribution in [2.75, 3.05) is 20.2 Å². The molecule has 0 bridgehead atoms. The van der Waals surface area contributed by atoms with E-state index in [1.54, 1.807) is 0 Å². The van der Waals surface area contributed by atoms with E-state index in [4.69, 9.17) is 10.00 Å². The summed E-state index contributed by atoms with van der Waals surface area (Å²) in [7, 11) is 1.86. The Morgan fingerprint density at radius 2 is 2.06 bits per heavy atom. The number of ether oxygens (including phenoxy) is 1. The Hall–Kier alpha value is -1.97. The van der Waals surface area contributed by atoms with Gasteiger partial charge in [0.05, 0.1) is 19.0 Å². The topological polar surface area (TPSA) is 45.0 Å². The summed E-state index contributed by atoms with van der Waals surface area (Å²) in [6.07, 6.45) is 0.406. The Kier molecular flexibility index (Phi) is 5.55. The fourth-order valence-corrected chi connectivity index (χ4v) is 1.08. The second kappa shape index (κ2) is 7.34.